The molecule has 3 rings (SSSR count). The zero-order valence-electron chi connectivity index (χ0n) is 17.6. The molecule has 31 heavy (non-hydrogen) atoms. The molecule has 1 heterocycles. The first-order chi connectivity index (χ1) is 14.8. The van der Waals surface area contributed by atoms with Gasteiger partial charge in [-0.1, -0.05) is 15.9 Å². The fourth-order valence-corrected chi connectivity index (χ4v) is 3.45. The van der Waals surface area contributed by atoms with Gasteiger partial charge in [0.2, 0.25) is 5.91 Å². The molecule has 0 bridgehead atoms. The van der Waals surface area contributed by atoms with Crippen molar-refractivity contribution in [1.29, 1.82) is 0 Å². The minimum Gasteiger partial charge on any atom is -0.466 e. The number of nitrogens with one attached hydrogen (secondary N) is 2. The van der Waals surface area contributed by atoms with Gasteiger partial charge in [0.1, 0.15) is 6.54 Å². The molecule has 0 atom stereocenters. The Labute approximate surface area is 189 Å². The topological polar surface area (TPSA) is 87.7 Å². The number of aryl methyl sites for hydroxylation is 2. The standard InChI is InChI=1S/C23H24BrN3O4/c1-4-31-23(30)12-18-11-22(29)27(20-10-15(3)14(2)9-19(20)25-18)13-21(28)26-17-7-5-16(24)6-8-17/h5-11,25H,4,12-13H2,1-3H3,(H,26,28). The predicted octanol–water partition coefficient (Wildman–Crippen LogP) is 4.30. The van der Waals surface area contributed by atoms with Crippen molar-refractivity contribution in [3.05, 3.63) is 63.8 Å². The van der Waals surface area contributed by atoms with Crippen LogP contribution in [0.3, 0.4) is 0 Å². The van der Waals surface area contributed by atoms with Crippen molar-refractivity contribution in [3.8, 4) is 0 Å². The molecule has 0 saturated heterocycles. The molecule has 7 nitrogen and oxygen atoms in total. The molecular weight excluding hydrogens is 462 g/mol. The Morgan fingerprint density at radius 3 is 2.48 bits per heavy atom. The Bertz CT molecular complexity index is 1050. The van der Waals surface area contributed by atoms with Crippen LogP contribution in [0.1, 0.15) is 24.5 Å². The normalized spacial score (nSPS) is 13.0. The second kappa shape index (κ2) is 9.78. The highest BCUT2D eigenvalue weighted by molar-refractivity contribution is 9.10. The molecule has 0 aromatic heterocycles. The molecule has 2 amide bonds. The number of halogens is 1. The third-order valence-electron chi connectivity index (χ3n) is 4.83. The number of rotatable bonds is 6. The van der Waals surface area contributed by atoms with Crippen LogP contribution in [-0.4, -0.2) is 30.9 Å². The van der Waals surface area contributed by atoms with Gasteiger partial charge in [-0.2, -0.15) is 0 Å². The highest BCUT2D eigenvalue weighted by Gasteiger charge is 2.26. The number of carbonyl (C=O) groups excluding carboxylic acids is 3. The number of nitrogens with zero attached hydrogens (tertiary/aromatic N) is 1. The maximum Gasteiger partial charge on any atom is 0.311 e. The van der Waals surface area contributed by atoms with Gasteiger partial charge >= 0.3 is 5.97 Å². The van der Waals surface area contributed by atoms with Gasteiger partial charge < -0.3 is 15.4 Å². The first-order valence-corrected chi connectivity index (χ1v) is 10.7. The number of amides is 2. The fourth-order valence-electron chi connectivity index (χ4n) is 3.18. The first kappa shape index (κ1) is 22.6. The van der Waals surface area contributed by atoms with E-state index >= 15 is 0 Å². The van der Waals surface area contributed by atoms with Crippen LogP contribution < -0.4 is 15.5 Å². The van der Waals surface area contributed by atoms with Crippen LogP contribution in [-0.2, 0) is 19.1 Å². The van der Waals surface area contributed by atoms with Crippen molar-refractivity contribution >= 4 is 50.8 Å². The summed E-state index contributed by atoms with van der Waals surface area (Å²) in [5, 5.41) is 5.97. The first-order valence-electron chi connectivity index (χ1n) is 9.88. The molecule has 2 aromatic carbocycles. The van der Waals surface area contributed by atoms with Crippen molar-refractivity contribution in [2.75, 3.05) is 28.7 Å². The SMILES string of the molecule is CCOC(=O)CC1=CC(=O)N(CC(=O)Nc2ccc(Br)cc2)c2cc(C)c(C)cc2N1. The second-order valence-electron chi connectivity index (χ2n) is 7.21. The van der Waals surface area contributed by atoms with E-state index < -0.39 is 5.97 Å². The van der Waals surface area contributed by atoms with Gasteiger partial charge in [0, 0.05) is 21.9 Å². The van der Waals surface area contributed by atoms with E-state index in [-0.39, 0.29) is 31.4 Å². The smallest absolute Gasteiger partial charge is 0.311 e. The lowest BCUT2D eigenvalue weighted by Crippen LogP contribution is -2.37. The molecule has 0 saturated carbocycles. The van der Waals surface area contributed by atoms with E-state index in [0.717, 1.165) is 15.6 Å². The van der Waals surface area contributed by atoms with Crippen molar-refractivity contribution in [2.45, 2.75) is 27.2 Å². The lowest BCUT2D eigenvalue weighted by atomic mass is 10.1. The molecule has 2 aromatic rings. The van der Waals surface area contributed by atoms with Crippen LogP contribution in [0.4, 0.5) is 17.1 Å². The third kappa shape index (κ3) is 5.73. The van der Waals surface area contributed by atoms with Gasteiger partial charge in [-0.25, -0.2) is 0 Å². The van der Waals surface area contributed by atoms with Gasteiger partial charge in [-0.15, -0.1) is 0 Å². The maximum atomic E-state index is 13.0. The number of hydrogen-bond donors (Lipinski definition) is 2. The van der Waals surface area contributed by atoms with E-state index in [1.165, 1.54) is 11.0 Å². The third-order valence-corrected chi connectivity index (χ3v) is 5.36. The number of esters is 1. The Kier molecular flexibility index (Phi) is 7.12. The molecule has 1 aliphatic rings. The molecule has 1 aliphatic heterocycles. The quantitative estimate of drug-likeness (QED) is 0.595. The van der Waals surface area contributed by atoms with Crippen LogP contribution in [0.5, 0.6) is 0 Å². The summed E-state index contributed by atoms with van der Waals surface area (Å²) < 4.78 is 5.91. The molecular formula is C23H24BrN3O4. The number of anilines is 3. The van der Waals surface area contributed by atoms with E-state index in [1.807, 2.05) is 38.1 Å². The van der Waals surface area contributed by atoms with Gasteiger partial charge in [-0.3, -0.25) is 19.3 Å². The Balaban J connectivity index is 1.89. The summed E-state index contributed by atoms with van der Waals surface area (Å²) in [5.74, 6) is -1.15. The molecule has 162 valence electrons. The molecule has 0 unspecified atom stereocenters. The van der Waals surface area contributed by atoms with Crippen molar-refractivity contribution < 1.29 is 19.1 Å². The zero-order valence-corrected chi connectivity index (χ0v) is 19.2. The largest absolute Gasteiger partial charge is 0.466 e. The highest BCUT2D eigenvalue weighted by Crippen LogP contribution is 2.33. The van der Waals surface area contributed by atoms with Gasteiger partial charge in [0.25, 0.3) is 5.91 Å². The van der Waals surface area contributed by atoms with Crippen LogP contribution in [0, 0.1) is 13.8 Å². The number of hydrogen-bond acceptors (Lipinski definition) is 5. The molecule has 0 aliphatic carbocycles. The summed E-state index contributed by atoms with van der Waals surface area (Å²) in [6, 6.07) is 11.0. The van der Waals surface area contributed by atoms with Crippen LogP contribution >= 0.6 is 15.9 Å². The summed E-state index contributed by atoms with van der Waals surface area (Å²) in [5.41, 5.74) is 4.29. The fraction of sp³-hybridized carbons (Fsp3) is 0.261. The minimum atomic E-state index is -0.430. The Morgan fingerprint density at radius 2 is 1.81 bits per heavy atom. The van der Waals surface area contributed by atoms with Crippen molar-refractivity contribution in [1.82, 2.24) is 0 Å². The van der Waals surface area contributed by atoms with Gasteiger partial charge in [0.05, 0.1) is 24.4 Å². The minimum absolute atomic E-state index is 0.0646. The van der Waals surface area contributed by atoms with Gasteiger partial charge in [-0.05, 0) is 68.3 Å². The number of fused-ring (bicyclic) bond motifs is 1. The molecule has 2 N–H and O–H groups in total. The molecule has 0 fully saturated rings. The molecule has 0 radical (unpaired) electrons. The lowest BCUT2D eigenvalue weighted by molar-refractivity contribution is -0.142. The van der Waals surface area contributed by atoms with E-state index in [0.29, 0.717) is 22.8 Å². The van der Waals surface area contributed by atoms with E-state index in [1.54, 1.807) is 19.1 Å². The van der Waals surface area contributed by atoms with E-state index in [9.17, 15) is 14.4 Å². The lowest BCUT2D eigenvalue weighted by Gasteiger charge is -2.23. The summed E-state index contributed by atoms with van der Waals surface area (Å²) >= 11 is 3.36. The maximum absolute atomic E-state index is 13.0. The van der Waals surface area contributed by atoms with Crippen LogP contribution in [0.25, 0.3) is 0 Å². The average molecular weight is 486 g/mol. The van der Waals surface area contributed by atoms with E-state index in [4.69, 9.17) is 4.74 Å². The highest BCUT2D eigenvalue weighted by atomic mass is 79.9. The zero-order chi connectivity index (χ0) is 22.5. The molecule has 8 heteroatoms. The number of benzene rings is 2. The number of ether oxygens (including phenoxy) is 1. The summed E-state index contributed by atoms with van der Waals surface area (Å²) in [6.07, 6.45) is 1.28. The predicted molar refractivity (Wildman–Crippen MR) is 124 cm³/mol. The summed E-state index contributed by atoms with van der Waals surface area (Å²) in [7, 11) is 0. The summed E-state index contributed by atoms with van der Waals surface area (Å²) in [6.45, 7) is 5.72. The molecule has 0 spiro atoms. The van der Waals surface area contributed by atoms with Crippen LogP contribution in [0.15, 0.2) is 52.6 Å². The Morgan fingerprint density at radius 1 is 1.13 bits per heavy atom. The van der Waals surface area contributed by atoms with E-state index in [2.05, 4.69) is 26.6 Å². The van der Waals surface area contributed by atoms with Crippen LogP contribution in [0.2, 0.25) is 0 Å². The second-order valence-corrected chi connectivity index (χ2v) is 8.13. The Hall–Kier alpha value is -3.13. The average Bonchev–Trinajstić information content (AvgIpc) is 2.81. The summed E-state index contributed by atoms with van der Waals surface area (Å²) in [4.78, 5) is 39.1. The van der Waals surface area contributed by atoms with Gasteiger partial charge in [0.15, 0.2) is 0 Å². The van der Waals surface area contributed by atoms with Crippen molar-refractivity contribution in [2.24, 2.45) is 0 Å². The van der Waals surface area contributed by atoms with Crippen molar-refractivity contribution in [3.63, 3.8) is 0 Å². The number of carbonyl (C=O) groups is 3. The monoisotopic (exact) mass is 485 g/mol.